The fraction of sp³-hybridized carbons (Fsp3) is 0.357. The maximum atomic E-state index is 5.93. The second-order valence-electron chi connectivity index (χ2n) is 4.62. The van der Waals surface area contributed by atoms with Gasteiger partial charge in [-0.25, -0.2) is 4.98 Å². The summed E-state index contributed by atoms with van der Waals surface area (Å²) in [4.78, 5) is 6.15. The molecule has 1 aromatic carbocycles. The number of aromatic nitrogens is 1. The number of nitrogens with two attached hydrogens (primary N) is 1. The molecule has 0 bridgehead atoms. The van der Waals surface area contributed by atoms with Gasteiger partial charge < -0.3 is 5.73 Å². The summed E-state index contributed by atoms with van der Waals surface area (Å²) in [5, 5.41) is 1.06. The van der Waals surface area contributed by atoms with Gasteiger partial charge in [-0.3, -0.25) is 0 Å². The summed E-state index contributed by atoms with van der Waals surface area (Å²) in [6.07, 6.45) is 3.51. The van der Waals surface area contributed by atoms with E-state index in [-0.39, 0.29) is 6.04 Å². The predicted octanol–water partition coefficient (Wildman–Crippen LogP) is 3.32. The lowest BCUT2D eigenvalue weighted by Gasteiger charge is -2.04. The van der Waals surface area contributed by atoms with Gasteiger partial charge in [0.15, 0.2) is 0 Å². The third-order valence-corrected chi connectivity index (χ3v) is 4.54. The van der Waals surface area contributed by atoms with Crippen LogP contribution in [-0.4, -0.2) is 4.98 Å². The number of nitrogens with zero attached hydrogens (tertiary/aromatic N) is 1. The molecule has 0 amide bonds. The Hall–Kier alpha value is -1.19. The van der Waals surface area contributed by atoms with E-state index in [0.717, 1.165) is 17.8 Å². The fourth-order valence-corrected chi connectivity index (χ4v) is 3.43. The van der Waals surface area contributed by atoms with Crippen LogP contribution in [0.1, 0.15) is 34.8 Å². The molecule has 0 radical (unpaired) electrons. The van der Waals surface area contributed by atoms with Crippen molar-refractivity contribution in [2.45, 2.75) is 32.2 Å². The Morgan fingerprint density at radius 3 is 2.94 bits per heavy atom. The van der Waals surface area contributed by atoms with Crippen molar-refractivity contribution in [2.24, 2.45) is 5.73 Å². The Balaban J connectivity index is 2.18. The van der Waals surface area contributed by atoms with Crippen molar-refractivity contribution in [1.29, 1.82) is 0 Å². The van der Waals surface area contributed by atoms with E-state index in [9.17, 15) is 0 Å². The SMILES string of the molecule is CC(N)c1nc2c(s1)CCCc1ccccc1-2. The Kier molecular flexibility index (Phi) is 2.73. The first-order chi connectivity index (χ1) is 8.25. The minimum absolute atomic E-state index is 0.0408. The van der Waals surface area contributed by atoms with E-state index in [1.165, 1.54) is 28.1 Å². The number of aryl methyl sites for hydroxylation is 2. The van der Waals surface area contributed by atoms with Crippen LogP contribution in [-0.2, 0) is 12.8 Å². The monoisotopic (exact) mass is 244 g/mol. The molecule has 1 aliphatic carbocycles. The van der Waals surface area contributed by atoms with Gasteiger partial charge in [0, 0.05) is 10.4 Å². The number of benzene rings is 1. The molecule has 1 aliphatic rings. The number of rotatable bonds is 1. The van der Waals surface area contributed by atoms with Gasteiger partial charge >= 0.3 is 0 Å². The van der Waals surface area contributed by atoms with E-state index in [0.29, 0.717) is 0 Å². The highest BCUT2D eigenvalue weighted by Crippen LogP contribution is 2.36. The van der Waals surface area contributed by atoms with Crippen molar-refractivity contribution in [3.05, 3.63) is 39.7 Å². The van der Waals surface area contributed by atoms with Crippen LogP contribution < -0.4 is 5.73 Å². The molecule has 2 N–H and O–H groups in total. The van der Waals surface area contributed by atoms with E-state index in [1.54, 1.807) is 11.3 Å². The number of hydrogen-bond acceptors (Lipinski definition) is 3. The minimum atomic E-state index is 0.0408. The molecule has 1 atom stereocenters. The highest BCUT2D eigenvalue weighted by molar-refractivity contribution is 7.12. The Bertz CT molecular complexity index is 543. The van der Waals surface area contributed by atoms with Gasteiger partial charge in [0.25, 0.3) is 0 Å². The zero-order valence-electron chi connectivity index (χ0n) is 9.94. The van der Waals surface area contributed by atoms with Gasteiger partial charge in [0.1, 0.15) is 5.01 Å². The lowest BCUT2D eigenvalue weighted by atomic mass is 10.0. The van der Waals surface area contributed by atoms with Crippen molar-refractivity contribution in [3.63, 3.8) is 0 Å². The van der Waals surface area contributed by atoms with E-state index in [4.69, 9.17) is 10.7 Å². The molecular formula is C14H16N2S. The molecule has 0 fully saturated rings. The van der Waals surface area contributed by atoms with Crippen molar-refractivity contribution in [3.8, 4) is 11.3 Å². The van der Waals surface area contributed by atoms with Gasteiger partial charge in [0.2, 0.25) is 0 Å². The van der Waals surface area contributed by atoms with E-state index in [2.05, 4.69) is 24.3 Å². The average molecular weight is 244 g/mol. The van der Waals surface area contributed by atoms with E-state index in [1.807, 2.05) is 6.92 Å². The largest absolute Gasteiger partial charge is 0.322 e. The van der Waals surface area contributed by atoms with E-state index >= 15 is 0 Å². The predicted molar refractivity (Wildman–Crippen MR) is 72.2 cm³/mol. The lowest BCUT2D eigenvalue weighted by molar-refractivity contribution is 0.808. The second-order valence-corrected chi connectivity index (χ2v) is 5.74. The molecular weight excluding hydrogens is 228 g/mol. The van der Waals surface area contributed by atoms with Crippen LogP contribution in [0.2, 0.25) is 0 Å². The molecule has 1 aromatic heterocycles. The van der Waals surface area contributed by atoms with Crippen molar-refractivity contribution in [2.75, 3.05) is 0 Å². The molecule has 17 heavy (non-hydrogen) atoms. The minimum Gasteiger partial charge on any atom is -0.322 e. The highest BCUT2D eigenvalue weighted by Gasteiger charge is 2.19. The molecule has 0 spiro atoms. The maximum absolute atomic E-state index is 5.93. The Morgan fingerprint density at radius 2 is 2.12 bits per heavy atom. The number of fused-ring (bicyclic) bond motifs is 3. The molecule has 0 saturated heterocycles. The summed E-state index contributed by atoms with van der Waals surface area (Å²) in [5.74, 6) is 0. The molecule has 1 unspecified atom stereocenters. The first-order valence-electron chi connectivity index (χ1n) is 6.09. The standard InChI is InChI=1S/C14H16N2S/c1-9(15)14-16-13-11-7-3-2-5-10(11)6-4-8-12(13)17-14/h2-3,5,7,9H,4,6,8,15H2,1H3. The summed E-state index contributed by atoms with van der Waals surface area (Å²) in [6.45, 7) is 2.00. The van der Waals surface area contributed by atoms with Gasteiger partial charge in [-0.15, -0.1) is 11.3 Å². The summed E-state index contributed by atoms with van der Waals surface area (Å²) < 4.78 is 0. The van der Waals surface area contributed by atoms with Crippen LogP contribution in [0.25, 0.3) is 11.3 Å². The molecule has 1 heterocycles. The smallest absolute Gasteiger partial charge is 0.110 e. The fourth-order valence-electron chi connectivity index (χ4n) is 2.35. The molecule has 0 aliphatic heterocycles. The molecule has 3 heteroatoms. The van der Waals surface area contributed by atoms with Crippen LogP contribution in [0.3, 0.4) is 0 Å². The van der Waals surface area contributed by atoms with Crippen LogP contribution in [0.5, 0.6) is 0 Å². The first kappa shape index (κ1) is 10.9. The van der Waals surface area contributed by atoms with Crippen molar-refractivity contribution in [1.82, 2.24) is 4.98 Å². The molecule has 3 rings (SSSR count). The van der Waals surface area contributed by atoms with Gasteiger partial charge in [-0.2, -0.15) is 0 Å². The summed E-state index contributed by atoms with van der Waals surface area (Å²) in [5.41, 5.74) is 9.84. The summed E-state index contributed by atoms with van der Waals surface area (Å²) in [6, 6.07) is 8.65. The van der Waals surface area contributed by atoms with Gasteiger partial charge in [-0.05, 0) is 31.7 Å². The Morgan fingerprint density at radius 1 is 1.29 bits per heavy atom. The summed E-state index contributed by atoms with van der Waals surface area (Å²) in [7, 11) is 0. The lowest BCUT2D eigenvalue weighted by Crippen LogP contribution is -2.04. The highest BCUT2D eigenvalue weighted by atomic mass is 32.1. The van der Waals surface area contributed by atoms with Crippen LogP contribution in [0.4, 0.5) is 0 Å². The van der Waals surface area contributed by atoms with Gasteiger partial charge in [-0.1, -0.05) is 24.3 Å². The zero-order valence-corrected chi connectivity index (χ0v) is 10.8. The normalized spacial score (nSPS) is 15.9. The number of thiazole rings is 1. The molecule has 0 saturated carbocycles. The van der Waals surface area contributed by atoms with Crippen LogP contribution in [0.15, 0.2) is 24.3 Å². The third kappa shape index (κ3) is 1.90. The third-order valence-electron chi connectivity index (χ3n) is 3.23. The maximum Gasteiger partial charge on any atom is 0.110 e. The molecule has 2 aromatic rings. The topological polar surface area (TPSA) is 38.9 Å². The average Bonchev–Trinajstić information content (AvgIpc) is 2.67. The second kappa shape index (κ2) is 4.24. The summed E-state index contributed by atoms with van der Waals surface area (Å²) >= 11 is 1.78. The van der Waals surface area contributed by atoms with Gasteiger partial charge in [0.05, 0.1) is 11.7 Å². The molecule has 88 valence electrons. The Labute approximate surface area is 106 Å². The molecule has 2 nitrogen and oxygen atoms in total. The van der Waals surface area contributed by atoms with E-state index < -0.39 is 0 Å². The quantitative estimate of drug-likeness (QED) is 0.835. The van der Waals surface area contributed by atoms with Crippen LogP contribution in [0, 0.1) is 0 Å². The number of hydrogen-bond donors (Lipinski definition) is 1. The van der Waals surface area contributed by atoms with Crippen molar-refractivity contribution < 1.29 is 0 Å². The first-order valence-corrected chi connectivity index (χ1v) is 6.91. The van der Waals surface area contributed by atoms with Crippen LogP contribution >= 0.6 is 11.3 Å². The van der Waals surface area contributed by atoms with Crippen molar-refractivity contribution >= 4 is 11.3 Å². The zero-order chi connectivity index (χ0) is 11.8.